The van der Waals surface area contributed by atoms with Gasteiger partial charge in [0.1, 0.15) is 0 Å². The second kappa shape index (κ2) is 4.93. The number of hydrogen-bond donors (Lipinski definition) is 1. The third-order valence-corrected chi connectivity index (χ3v) is 3.19. The molecule has 5 heteroatoms. The van der Waals surface area contributed by atoms with Crippen LogP contribution in [0.2, 0.25) is 0 Å². The number of aliphatic carboxylic acids is 1. The molecule has 90 valence electrons. The lowest BCUT2D eigenvalue weighted by atomic mass is 10.1. The number of carbonyl (C=O) groups is 1. The summed E-state index contributed by atoms with van der Waals surface area (Å²) in [5.41, 5.74) is -0.156. The summed E-state index contributed by atoms with van der Waals surface area (Å²) in [5.74, 6) is -0.795. The third-order valence-electron chi connectivity index (χ3n) is 2.29. The molecule has 0 bridgehead atoms. The van der Waals surface area contributed by atoms with Gasteiger partial charge >= 0.3 is 5.97 Å². The summed E-state index contributed by atoms with van der Waals surface area (Å²) in [4.78, 5) is 18.0. The highest BCUT2D eigenvalue weighted by molar-refractivity contribution is 7.11. The molecule has 4 nitrogen and oxygen atoms in total. The molecule has 0 aromatic carbocycles. The Bertz CT molecular complexity index is 368. The van der Waals surface area contributed by atoms with E-state index in [1.54, 1.807) is 11.3 Å². The summed E-state index contributed by atoms with van der Waals surface area (Å²) >= 11 is 1.61. The van der Waals surface area contributed by atoms with E-state index in [2.05, 4.69) is 4.98 Å². The molecule has 1 aromatic heterocycles. The van der Waals surface area contributed by atoms with E-state index < -0.39 is 5.97 Å². The third kappa shape index (κ3) is 3.90. The van der Waals surface area contributed by atoms with E-state index in [1.807, 2.05) is 38.8 Å². The van der Waals surface area contributed by atoms with Gasteiger partial charge in [0.25, 0.3) is 0 Å². The molecular weight excluding hydrogens is 224 g/mol. The molecule has 16 heavy (non-hydrogen) atoms. The van der Waals surface area contributed by atoms with Gasteiger partial charge in [-0.1, -0.05) is 0 Å². The van der Waals surface area contributed by atoms with Gasteiger partial charge in [0.15, 0.2) is 0 Å². The van der Waals surface area contributed by atoms with Crippen LogP contribution in [0.1, 0.15) is 30.7 Å². The average molecular weight is 242 g/mol. The number of carboxylic acids is 1. The molecule has 0 aliphatic carbocycles. The number of aromatic nitrogens is 1. The number of hydrogen-bond acceptors (Lipinski definition) is 4. The Kier molecular flexibility index (Phi) is 4.04. The van der Waals surface area contributed by atoms with Crippen LogP contribution in [-0.2, 0) is 11.3 Å². The van der Waals surface area contributed by atoms with Crippen LogP contribution in [0, 0.1) is 6.92 Å². The summed E-state index contributed by atoms with van der Waals surface area (Å²) in [6.45, 7) is 8.70. The van der Waals surface area contributed by atoms with Crippen molar-refractivity contribution in [3.05, 3.63) is 16.1 Å². The van der Waals surface area contributed by atoms with Crippen LogP contribution in [0.3, 0.4) is 0 Å². The molecular formula is C11H18N2O2S. The number of thiazole rings is 1. The molecule has 1 heterocycles. The molecule has 0 aliphatic rings. The first-order chi connectivity index (χ1) is 7.29. The normalized spacial score (nSPS) is 12.1. The van der Waals surface area contributed by atoms with Crippen molar-refractivity contribution in [3.63, 3.8) is 0 Å². The molecule has 1 N–H and O–H groups in total. The molecule has 1 aromatic rings. The van der Waals surface area contributed by atoms with Crippen LogP contribution >= 0.6 is 11.3 Å². The number of carboxylic acid groups (broad SMARTS) is 1. The largest absolute Gasteiger partial charge is 0.480 e. The predicted molar refractivity (Wildman–Crippen MR) is 64.6 cm³/mol. The Hall–Kier alpha value is -0.940. The lowest BCUT2D eigenvalue weighted by molar-refractivity contribution is -0.139. The predicted octanol–water partition coefficient (Wildman–Crippen LogP) is 2.14. The standard InChI is InChI=1S/C11H18N2O2S/c1-8-12-5-9(16-8)6-13(7-10(14)15)11(2,3)4/h5H,6-7H2,1-4H3,(H,14,15). The number of aryl methyl sites for hydroxylation is 1. The molecule has 0 aliphatic heterocycles. The summed E-state index contributed by atoms with van der Waals surface area (Å²) < 4.78 is 0. The average Bonchev–Trinajstić information content (AvgIpc) is 2.47. The minimum atomic E-state index is -0.795. The molecule has 0 amide bonds. The van der Waals surface area contributed by atoms with Crippen LogP contribution in [0.5, 0.6) is 0 Å². The number of rotatable bonds is 4. The van der Waals surface area contributed by atoms with Gasteiger partial charge in [0.05, 0.1) is 11.6 Å². The zero-order chi connectivity index (χ0) is 12.3. The fourth-order valence-corrected chi connectivity index (χ4v) is 2.17. The maximum atomic E-state index is 10.8. The van der Waals surface area contributed by atoms with E-state index in [0.717, 1.165) is 9.88 Å². The first-order valence-corrected chi connectivity index (χ1v) is 5.99. The van der Waals surface area contributed by atoms with Crippen molar-refractivity contribution in [2.45, 2.75) is 39.8 Å². The summed E-state index contributed by atoms with van der Waals surface area (Å²) in [6, 6.07) is 0. The zero-order valence-electron chi connectivity index (χ0n) is 10.1. The van der Waals surface area contributed by atoms with E-state index in [4.69, 9.17) is 5.11 Å². The quantitative estimate of drug-likeness (QED) is 0.879. The van der Waals surface area contributed by atoms with E-state index in [1.165, 1.54) is 0 Å². The highest BCUT2D eigenvalue weighted by Gasteiger charge is 2.24. The molecule has 0 atom stereocenters. The Labute approximate surface area is 99.9 Å². The molecule has 1 rings (SSSR count). The van der Waals surface area contributed by atoms with Crippen molar-refractivity contribution >= 4 is 17.3 Å². The lowest BCUT2D eigenvalue weighted by Gasteiger charge is -2.33. The fourth-order valence-electron chi connectivity index (χ4n) is 1.36. The molecule has 0 unspecified atom stereocenters. The zero-order valence-corrected chi connectivity index (χ0v) is 11.0. The van der Waals surface area contributed by atoms with E-state index in [0.29, 0.717) is 6.54 Å². The maximum Gasteiger partial charge on any atom is 0.317 e. The van der Waals surface area contributed by atoms with E-state index >= 15 is 0 Å². The lowest BCUT2D eigenvalue weighted by Crippen LogP contribution is -2.43. The van der Waals surface area contributed by atoms with Crippen molar-refractivity contribution in [1.82, 2.24) is 9.88 Å². The van der Waals surface area contributed by atoms with E-state index in [-0.39, 0.29) is 12.1 Å². The topological polar surface area (TPSA) is 53.4 Å². The summed E-state index contributed by atoms with van der Waals surface area (Å²) in [7, 11) is 0. The van der Waals surface area contributed by atoms with Crippen molar-refractivity contribution in [3.8, 4) is 0 Å². The smallest absolute Gasteiger partial charge is 0.317 e. The monoisotopic (exact) mass is 242 g/mol. The highest BCUT2D eigenvalue weighted by Crippen LogP contribution is 2.20. The highest BCUT2D eigenvalue weighted by atomic mass is 32.1. The van der Waals surface area contributed by atoms with Crippen molar-refractivity contribution in [1.29, 1.82) is 0 Å². The minimum Gasteiger partial charge on any atom is -0.480 e. The van der Waals surface area contributed by atoms with Crippen LogP contribution in [0.25, 0.3) is 0 Å². The van der Waals surface area contributed by atoms with Gasteiger partial charge in [-0.2, -0.15) is 0 Å². The second-order valence-corrected chi connectivity index (χ2v) is 6.09. The van der Waals surface area contributed by atoms with Gasteiger partial charge in [0.2, 0.25) is 0 Å². The van der Waals surface area contributed by atoms with Gasteiger partial charge in [-0.25, -0.2) is 4.98 Å². The van der Waals surface area contributed by atoms with Gasteiger partial charge in [-0.3, -0.25) is 9.69 Å². The van der Waals surface area contributed by atoms with Crippen molar-refractivity contribution in [2.75, 3.05) is 6.54 Å². The summed E-state index contributed by atoms with van der Waals surface area (Å²) in [5, 5.41) is 9.89. The first-order valence-electron chi connectivity index (χ1n) is 5.17. The molecule has 0 fully saturated rings. The second-order valence-electron chi connectivity index (χ2n) is 4.77. The molecule has 0 spiro atoms. The van der Waals surface area contributed by atoms with Gasteiger partial charge < -0.3 is 5.11 Å². The molecule has 0 saturated heterocycles. The Balaban J connectivity index is 2.74. The van der Waals surface area contributed by atoms with E-state index in [9.17, 15) is 4.79 Å². The number of nitrogens with zero attached hydrogens (tertiary/aromatic N) is 2. The van der Waals surface area contributed by atoms with Crippen molar-refractivity contribution < 1.29 is 9.90 Å². The molecule has 0 saturated carbocycles. The van der Waals surface area contributed by atoms with Gasteiger partial charge in [-0.15, -0.1) is 11.3 Å². The SMILES string of the molecule is Cc1ncc(CN(CC(=O)O)C(C)(C)C)s1. The Morgan fingerprint density at radius 3 is 2.56 bits per heavy atom. The van der Waals surface area contributed by atoms with Crippen molar-refractivity contribution in [2.24, 2.45) is 0 Å². The van der Waals surface area contributed by atoms with Crippen LogP contribution < -0.4 is 0 Å². The summed E-state index contributed by atoms with van der Waals surface area (Å²) in [6.07, 6.45) is 1.82. The van der Waals surface area contributed by atoms with Gasteiger partial charge in [0, 0.05) is 23.2 Å². The van der Waals surface area contributed by atoms with Crippen LogP contribution in [-0.4, -0.2) is 33.0 Å². The molecule has 0 radical (unpaired) electrons. The minimum absolute atomic E-state index is 0.0560. The Morgan fingerprint density at radius 1 is 1.56 bits per heavy atom. The van der Waals surface area contributed by atoms with Crippen LogP contribution in [0.4, 0.5) is 0 Å². The first kappa shape index (κ1) is 13.1. The van der Waals surface area contributed by atoms with Gasteiger partial charge in [-0.05, 0) is 27.7 Å². The fraction of sp³-hybridized carbons (Fsp3) is 0.636. The Morgan fingerprint density at radius 2 is 2.19 bits per heavy atom. The maximum absolute atomic E-state index is 10.8. The van der Waals surface area contributed by atoms with Crippen LogP contribution in [0.15, 0.2) is 6.20 Å².